The van der Waals surface area contributed by atoms with Crippen LogP contribution < -0.4 is 11.0 Å². The maximum Gasteiger partial charge on any atom is 0.252 e. The van der Waals surface area contributed by atoms with Crippen molar-refractivity contribution < 1.29 is 0 Å². The molecule has 1 heterocycles. The summed E-state index contributed by atoms with van der Waals surface area (Å²) in [6.07, 6.45) is 0. The molecule has 0 aliphatic heterocycles. The highest BCUT2D eigenvalue weighted by Crippen LogP contribution is 2.11. The highest BCUT2D eigenvalue weighted by Gasteiger charge is 2.03. The lowest BCUT2D eigenvalue weighted by molar-refractivity contribution is 1.01. The Kier molecular flexibility index (Phi) is 5.28. The second kappa shape index (κ2) is 7.98. The smallest absolute Gasteiger partial charge is 0.252 e. The molecular formula is C19H18N6O. The van der Waals surface area contributed by atoms with Crippen LogP contribution in [0.1, 0.15) is 16.8 Å². The van der Waals surface area contributed by atoms with Gasteiger partial charge in [0.2, 0.25) is 11.8 Å². The van der Waals surface area contributed by atoms with Crippen LogP contribution in [0.4, 0.5) is 11.6 Å². The van der Waals surface area contributed by atoms with E-state index in [4.69, 9.17) is 0 Å². The molecule has 0 atom stereocenters. The van der Waals surface area contributed by atoms with Crippen molar-refractivity contribution in [3.8, 4) is 0 Å². The fourth-order valence-corrected chi connectivity index (χ4v) is 2.18. The number of nitrogens with zero attached hydrogens (tertiary/aromatic N) is 4. The first-order chi connectivity index (χ1) is 12.6. The van der Waals surface area contributed by atoms with Gasteiger partial charge in [-0.3, -0.25) is 15.2 Å². The fourth-order valence-electron chi connectivity index (χ4n) is 2.18. The van der Waals surface area contributed by atoms with Gasteiger partial charge in [0.25, 0.3) is 5.56 Å². The molecule has 0 saturated heterocycles. The molecule has 0 unspecified atom stereocenters. The fraction of sp³-hybridized carbons (Fsp3) is 0.105. The Morgan fingerprint density at radius 1 is 1.04 bits per heavy atom. The maximum atomic E-state index is 11.5. The summed E-state index contributed by atoms with van der Waals surface area (Å²) in [6.45, 7) is 3.74. The second-order valence-corrected chi connectivity index (χ2v) is 5.69. The van der Waals surface area contributed by atoms with Crippen LogP contribution in [0.2, 0.25) is 0 Å². The van der Waals surface area contributed by atoms with E-state index in [-0.39, 0.29) is 11.5 Å². The molecule has 0 saturated carbocycles. The Bertz CT molecular complexity index is 991. The summed E-state index contributed by atoms with van der Waals surface area (Å²) in [7, 11) is 0. The van der Waals surface area contributed by atoms with Gasteiger partial charge in [0.15, 0.2) is 0 Å². The average Bonchev–Trinajstić information content (AvgIpc) is 2.63. The van der Waals surface area contributed by atoms with Crippen LogP contribution in [0.15, 0.2) is 80.8 Å². The normalized spacial score (nSPS) is 11.7. The van der Waals surface area contributed by atoms with Crippen LogP contribution in [-0.4, -0.2) is 15.8 Å². The van der Waals surface area contributed by atoms with Crippen molar-refractivity contribution in [2.45, 2.75) is 13.8 Å². The van der Waals surface area contributed by atoms with Crippen molar-refractivity contribution in [3.63, 3.8) is 0 Å². The van der Waals surface area contributed by atoms with Gasteiger partial charge in [-0.1, -0.05) is 48.0 Å². The SMILES string of the molecule is Cc1ccc(N/N=C(/N=Nc2nc(C)cc(=O)[nH]2)c2ccccc2)cc1. The molecule has 0 spiro atoms. The third kappa shape index (κ3) is 4.70. The van der Waals surface area contributed by atoms with E-state index >= 15 is 0 Å². The van der Waals surface area contributed by atoms with E-state index in [1.165, 1.54) is 6.07 Å². The van der Waals surface area contributed by atoms with Crippen molar-refractivity contribution >= 4 is 17.5 Å². The molecule has 7 heteroatoms. The molecule has 2 N–H and O–H groups in total. The number of hydrazone groups is 1. The van der Waals surface area contributed by atoms with Crippen LogP contribution in [0.3, 0.4) is 0 Å². The molecule has 3 aromatic rings. The van der Waals surface area contributed by atoms with Gasteiger partial charge in [-0.25, -0.2) is 4.98 Å². The molecule has 0 amide bonds. The number of aryl methyl sites for hydroxylation is 2. The van der Waals surface area contributed by atoms with E-state index in [1.807, 2.05) is 61.5 Å². The highest BCUT2D eigenvalue weighted by atomic mass is 16.1. The first-order valence-corrected chi connectivity index (χ1v) is 8.06. The van der Waals surface area contributed by atoms with Gasteiger partial charge in [-0.2, -0.15) is 5.10 Å². The van der Waals surface area contributed by atoms with Gasteiger partial charge in [0, 0.05) is 17.3 Å². The number of hydrogen-bond acceptors (Lipinski definition) is 5. The van der Waals surface area contributed by atoms with Crippen molar-refractivity contribution in [3.05, 3.63) is 87.8 Å². The summed E-state index contributed by atoms with van der Waals surface area (Å²) >= 11 is 0. The molecule has 0 aliphatic carbocycles. The summed E-state index contributed by atoms with van der Waals surface area (Å²) in [5, 5.41) is 12.5. The Morgan fingerprint density at radius 3 is 2.46 bits per heavy atom. The van der Waals surface area contributed by atoms with Gasteiger partial charge in [-0.05, 0) is 26.0 Å². The van der Waals surface area contributed by atoms with Crippen LogP contribution in [0.25, 0.3) is 0 Å². The number of anilines is 1. The predicted octanol–water partition coefficient (Wildman–Crippen LogP) is 3.94. The average molecular weight is 346 g/mol. The summed E-state index contributed by atoms with van der Waals surface area (Å²) in [5.74, 6) is 0.504. The topological polar surface area (TPSA) is 94.9 Å². The molecule has 0 aliphatic rings. The molecular weight excluding hydrogens is 328 g/mol. The molecule has 7 nitrogen and oxygen atoms in total. The van der Waals surface area contributed by atoms with Crippen molar-refractivity contribution in [1.29, 1.82) is 0 Å². The zero-order valence-electron chi connectivity index (χ0n) is 14.5. The van der Waals surface area contributed by atoms with Gasteiger partial charge in [0.1, 0.15) is 0 Å². The number of azo groups is 1. The number of nitrogens with one attached hydrogen (secondary N) is 2. The summed E-state index contributed by atoms with van der Waals surface area (Å²) in [5.41, 5.74) is 6.05. The van der Waals surface area contributed by atoms with Crippen LogP contribution in [0.5, 0.6) is 0 Å². The Labute approximate surface area is 150 Å². The van der Waals surface area contributed by atoms with E-state index in [1.54, 1.807) is 6.92 Å². The first-order valence-electron chi connectivity index (χ1n) is 8.06. The highest BCUT2D eigenvalue weighted by molar-refractivity contribution is 5.99. The number of rotatable bonds is 4. The molecule has 1 aromatic heterocycles. The number of H-pyrrole nitrogens is 1. The van der Waals surface area contributed by atoms with E-state index in [0.29, 0.717) is 11.5 Å². The molecule has 26 heavy (non-hydrogen) atoms. The van der Waals surface area contributed by atoms with Crippen LogP contribution >= 0.6 is 0 Å². The van der Waals surface area contributed by atoms with Gasteiger partial charge < -0.3 is 0 Å². The van der Waals surface area contributed by atoms with E-state index < -0.39 is 0 Å². The van der Waals surface area contributed by atoms with Crippen LogP contribution in [-0.2, 0) is 0 Å². The maximum absolute atomic E-state index is 11.5. The number of hydrogen-bond donors (Lipinski definition) is 2. The van der Waals surface area contributed by atoms with E-state index in [9.17, 15) is 4.79 Å². The van der Waals surface area contributed by atoms with Crippen molar-refractivity contribution in [2.75, 3.05) is 5.43 Å². The zero-order valence-corrected chi connectivity index (χ0v) is 14.5. The summed E-state index contributed by atoms with van der Waals surface area (Å²) < 4.78 is 0. The Hall–Kier alpha value is -3.61. The summed E-state index contributed by atoms with van der Waals surface area (Å²) in [6, 6.07) is 18.7. The number of benzene rings is 2. The van der Waals surface area contributed by atoms with Gasteiger partial charge in [-0.15, -0.1) is 10.2 Å². The molecule has 0 bridgehead atoms. The van der Waals surface area contributed by atoms with Crippen LogP contribution in [0, 0.1) is 13.8 Å². The largest absolute Gasteiger partial charge is 0.290 e. The first kappa shape index (κ1) is 17.2. The van der Waals surface area contributed by atoms with E-state index in [2.05, 4.69) is 30.7 Å². The van der Waals surface area contributed by atoms with Gasteiger partial charge in [0.05, 0.1) is 5.69 Å². The monoisotopic (exact) mass is 346 g/mol. The lowest BCUT2D eigenvalue weighted by Crippen LogP contribution is -2.06. The van der Waals surface area contributed by atoms with Crippen molar-refractivity contribution in [2.24, 2.45) is 15.3 Å². The molecule has 2 aromatic carbocycles. The summed E-state index contributed by atoms with van der Waals surface area (Å²) in [4.78, 5) is 18.2. The number of aromatic nitrogens is 2. The lowest BCUT2D eigenvalue weighted by atomic mass is 10.2. The number of aromatic amines is 1. The van der Waals surface area contributed by atoms with E-state index in [0.717, 1.165) is 16.8 Å². The minimum absolute atomic E-state index is 0.133. The molecule has 3 rings (SSSR count). The predicted molar refractivity (Wildman–Crippen MR) is 102 cm³/mol. The Balaban J connectivity index is 1.90. The second-order valence-electron chi connectivity index (χ2n) is 5.69. The molecule has 0 fully saturated rings. The third-order valence-corrected chi connectivity index (χ3v) is 3.47. The lowest BCUT2D eigenvalue weighted by Gasteiger charge is -2.03. The quantitative estimate of drug-likeness (QED) is 0.324. The molecule has 0 radical (unpaired) electrons. The number of amidine groups is 1. The third-order valence-electron chi connectivity index (χ3n) is 3.47. The minimum Gasteiger partial charge on any atom is -0.290 e. The zero-order chi connectivity index (χ0) is 18.4. The van der Waals surface area contributed by atoms with Crippen molar-refractivity contribution in [1.82, 2.24) is 9.97 Å². The molecule has 130 valence electrons. The van der Waals surface area contributed by atoms with Gasteiger partial charge >= 0.3 is 0 Å². The standard InChI is InChI=1S/C19H18N6O/c1-13-8-10-16(11-9-13)22-23-18(15-6-4-3-5-7-15)24-25-19-20-14(2)12-17(26)21-19/h3-12,22H,1-2H3,(H,20,21,26)/b23-18+,25-24?. The minimum atomic E-state index is -0.276. The Morgan fingerprint density at radius 2 is 1.77 bits per heavy atom.